The number of anilines is 1. The third-order valence-electron chi connectivity index (χ3n) is 4.34. The van der Waals surface area contributed by atoms with Gasteiger partial charge in [0.1, 0.15) is 6.04 Å². The van der Waals surface area contributed by atoms with Gasteiger partial charge in [0.05, 0.1) is 0 Å². The molecular formula is C19H17F3N2O2. The molecule has 7 heteroatoms. The molecule has 3 rings (SSSR count). The Hall–Kier alpha value is -2.83. The number of carbonyl (C=O) groups is 2. The number of likely N-dealkylation sites (tertiary alicyclic amines) is 1. The third kappa shape index (κ3) is 3.87. The highest BCUT2D eigenvalue weighted by Crippen LogP contribution is 2.25. The van der Waals surface area contributed by atoms with Gasteiger partial charge in [0, 0.05) is 29.9 Å². The second-order valence-corrected chi connectivity index (χ2v) is 6.09. The fraction of sp³-hybridized carbons (Fsp3) is 0.263. The van der Waals surface area contributed by atoms with Gasteiger partial charge in [0.25, 0.3) is 5.78 Å². The van der Waals surface area contributed by atoms with Crippen LogP contribution in [0.3, 0.4) is 0 Å². The normalized spacial score (nSPS) is 17.8. The number of hydrogen-bond donors (Lipinski definition) is 1. The van der Waals surface area contributed by atoms with Gasteiger partial charge in [-0.15, -0.1) is 0 Å². The Balaban J connectivity index is 1.74. The predicted molar refractivity (Wildman–Crippen MR) is 92.5 cm³/mol. The van der Waals surface area contributed by atoms with E-state index in [1.807, 2.05) is 36.4 Å². The number of nitrogens with one attached hydrogen (secondary N) is 1. The summed E-state index contributed by atoms with van der Waals surface area (Å²) in [6.07, 6.45) is -2.18. The molecule has 2 aromatic carbocycles. The number of fused-ring (bicyclic) bond motifs is 1. The monoisotopic (exact) mass is 362 g/mol. The molecule has 1 saturated heterocycles. The highest BCUT2D eigenvalue weighted by Gasteiger charge is 2.37. The van der Waals surface area contributed by atoms with E-state index in [0.717, 1.165) is 17.0 Å². The molecule has 1 atom stereocenters. The first-order chi connectivity index (χ1) is 12.4. The summed E-state index contributed by atoms with van der Waals surface area (Å²) in [6.45, 7) is 0.426. The molecule has 0 bridgehead atoms. The zero-order valence-corrected chi connectivity index (χ0v) is 13.8. The molecule has 1 aliphatic heterocycles. The molecule has 0 radical (unpaired) electrons. The number of nitrogens with zero attached hydrogens (tertiary/aromatic N) is 1. The standard InChI is InChI=1S/C19H17F3N2O2/c20-19(21,22)17(25)10-12-24-11-4-9-16(24)18(26)23-15-8-3-6-13-5-1-2-7-14(13)15/h1-3,5-8,10,12,16H,4,9,11H2,(H,23,26)/b12-10+/t16-/m0/s1. The summed E-state index contributed by atoms with van der Waals surface area (Å²) in [4.78, 5) is 25.1. The van der Waals surface area contributed by atoms with E-state index in [-0.39, 0.29) is 5.91 Å². The molecule has 0 saturated carbocycles. The average molecular weight is 362 g/mol. The Morgan fingerprint density at radius 3 is 2.62 bits per heavy atom. The minimum atomic E-state index is -4.91. The molecule has 2 aromatic rings. The maximum atomic E-state index is 12.6. The summed E-state index contributed by atoms with van der Waals surface area (Å²) in [5.74, 6) is -2.24. The minimum absolute atomic E-state index is 0.303. The molecule has 4 nitrogen and oxygen atoms in total. The highest BCUT2D eigenvalue weighted by molar-refractivity contribution is 6.04. The second-order valence-electron chi connectivity index (χ2n) is 6.09. The van der Waals surface area contributed by atoms with Crippen LogP contribution in [0.25, 0.3) is 10.8 Å². The summed E-state index contributed by atoms with van der Waals surface area (Å²) in [6, 6.07) is 12.5. The minimum Gasteiger partial charge on any atom is -0.365 e. The van der Waals surface area contributed by atoms with Gasteiger partial charge >= 0.3 is 6.18 Å². The second kappa shape index (κ2) is 7.19. The molecular weight excluding hydrogens is 345 g/mol. The van der Waals surface area contributed by atoms with Crippen molar-refractivity contribution in [2.45, 2.75) is 25.1 Å². The Morgan fingerprint density at radius 2 is 1.85 bits per heavy atom. The number of amides is 1. The third-order valence-corrected chi connectivity index (χ3v) is 4.34. The fourth-order valence-corrected chi connectivity index (χ4v) is 3.06. The average Bonchev–Trinajstić information content (AvgIpc) is 3.08. The smallest absolute Gasteiger partial charge is 0.365 e. The van der Waals surface area contributed by atoms with Crippen LogP contribution in [0.2, 0.25) is 0 Å². The molecule has 136 valence electrons. The Morgan fingerprint density at radius 1 is 1.12 bits per heavy atom. The van der Waals surface area contributed by atoms with E-state index in [1.54, 1.807) is 6.07 Å². The maximum Gasteiger partial charge on any atom is 0.454 e. The number of alkyl halides is 3. The first-order valence-electron chi connectivity index (χ1n) is 8.20. The van der Waals surface area contributed by atoms with Crippen LogP contribution in [0.4, 0.5) is 18.9 Å². The molecule has 1 aliphatic rings. The topological polar surface area (TPSA) is 49.4 Å². The van der Waals surface area contributed by atoms with Crippen LogP contribution in [-0.4, -0.2) is 35.4 Å². The van der Waals surface area contributed by atoms with E-state index >= 15 is 0 Å². The van der Waals surface area contributed by atoms with E-state index in [9.17, 15) is 22.8 Å². The number of halogens is 3. The van der Waals surface area contributed by atoms with Crippen molar-refractivity contribution >= 4 is 28.2 Å². The largest absolute Gasteiger partial charge is 0.454 e. The molecule has 0 aliphatic carbocycles. The lowest BCUT2D eigenvalue weighted by Crippen LogP contribution is -2.37. The van der Waals surface area contributed by atoms with Gasteiger partial charge in [-0.25, -0.2) is 0 Å². The van der Waals surface area contributed by atoms with E-state index in [2.05, 4.69) is 5.32 Å². The van der Waals surface area contributed by atoms with Crippen LogP contribution in [-0.2, 0) is 9.59 Å². The van der Waals surface area contributed by atoms with E-state index in [4.69, 9.17) is 0 Å². The Bertz CT molecular complexity index is 856. The van der Waals surface area contributed by atoms with Gasteiger partial charge in [-0.2, -0.15) is 13.2 Å². The van der Waals surface area contributed by atoms with Gasteiger partial charge in [0.15, 0.2) is 0 Å². The van der Waals surface area contributed by atoms with Crippen LogP contribution < -0.4 is 5.32 Å². The predicted octanol–water partition coefficient (Wildman–Crippen LogP) is 3.89. The summed E-state index contributed by atoms with van der Waals surface area (Å²) in [5, 5.41) is 4.71. The van der Waals surface area contributed by atoms with Gasteiger partial charge in [-0.1, -0.05) is 36.4 Å². The highest BCUT2D eigenvalue weighted by atomic mass is 19.4. The molecule has 1 fully saturated rings. The zero-order chi connectivity index (χ0) is 18.7. The van der Waals surface area contributed by atoms with Crippen molar-refractivity contribution < 1.29 is 22.8 Å². The van der Waals surface area contributed by atoms with Crippen LogP contribution in [0.5, 0.6) is 0 Å². The van der Waals surface area contributed by atoms with Crippen LogP contribution in [0, 0.1) is 0 Å². The number of ketones is 1. The number of carbonyl (C=O) groups excluding carboxylic acids is 2. The van der Waals surface area contributed by atoms with E-state index in [0.29, 0.717) is 31.1 Å². The molecule has 1 heterocycles. The van der Waals surface area contributed by atoms with Crippen LogP contribution in [0.15, 0.2) is 54.7 Å². The molecule has 26 heavy (non-hydrogen) atoms. The number of rotatable bonds is 4. The van der Waals surface area contributed by atoms with Gasteiger partial charge in [-0.3, -0.25) is 9.59 Å². The van der Waals surface area contributed by atoms with Gasteiger partial charge in [0.2, 0.25) is 5.91 Å². The Labute approximate surface area is 148 Å². The van der Waals surface area contributed by atoms with Crippen molar-refractivity contribution in [1.82, 2.24) is 4.90 Å². The van der Waals surface area contributed by atoms with Crippen LogP contribution >= 0.6 is 0 Å². The zero-order valence-electron chi connectivity index (χ0n) is 13.8. The molecule has 1 amide bonds. The number of allylic oxidation sites excluding steroid dienone is 1. The van der Waals surface area contributed by atoms with Crippen LogP contribution in [0.1, 0.15) is 12.8 Å². The maximum absolute atomic E-state index is 12.6. The van der Waals surface area contributed by atoms with Crippen molar-refractivity contribution in [2.75, 3.05) is 11.9 Å². The fourth-order valence-electron chi connectivity index (χ4n) is 3.06. The lowest BCUT2D eigenvalue weighted by molar-refractivity contribution is -0.165. The van der Waals surface area contributed by atoms with Crippen molar-refractivity contribution in [3.8, 4) is 0 Å². The van der Waals surface area contributed by atoms with E-state index in [1.165, 1.54) is 4.90 Å². The summed E-state index contributed by atoms with van der Waals surface area (Å²) >= 11 is 0. The summed E-state index contributed by atoms with van der Waals surface area (Å²) in [7, 11) is 0. The summed E-state index contributed by atoms with van der Waals surface area (Å²) in [5.41, 5.74) is 0.648. The molecule has 0 unspecified atom stereocenters. The Kier molecular flexibility index (Phi) is 4.97. The SMILES string of the molecule is O=C(Nc1cccc2ccccc12)[C@@H]1CCCN1/C=C/C(=O)C(F)(F)F. The van der Waals surface area contributed by atoms with Gasteiger partial charge < -0.3 is 10.2 Å². The van der Waals surface area contributed by atoms with Crippen molar-refractivity contribution in [3.63, 3.8) is 0 Å². The lowest BCUT2D eigenvalue weighted by atomic mass is 10.1. The van der Waals surface area contributed by atoms with Crippen molar-refractivity contribution in [2.24, 2.45) is 0 Å². The quantitative estimate of drug-likeness (QED) is 0.840. The van der Waals surface area contributed by atoms with Crippen molar-refractivity contribution in [3.05, 3.63) is 54.7 Å². The van der Waals surface area contributed by atoms with E-state index < -0.39 is 18.0 Å². The lowest BCUT2D eigenvalue weighted by Gasteiger charge is -2.22. The van der Waals surface area contributed by atoms with Crippen molar-refractivity contribution in [1.29, 1.82) is 0 Å². The van der Waals surface area contributed by atoms with Gasteiger partial charge in [-0.05, 0) is 24.3 Å². The number of benzene rings is 2. The first kappa shape index (κ1) is 18.0. The molecule has 0 aromatic heterocycles. The molecule has 1 N–H and O–H groups in total. The number of hydrogen-bond acceptors (Lipinski definition) is 3. The molecule has 0 spiro atoms. The summed E-state index contributed by atoms with van der Waals surface area (Å²) < 4.78 is 36.9. The first-order valence-corrected chi connectivity index (χ1v) is 8.20.